The van der Waals surface area contributed by atoms with Gasteiger partial charge >= 0.3 is 0 Å². The van der Waals surface area contributed by atoms with E-state index in [1.54, 1.807) is 12.1 Å². The zero-order valence-corrected chi connectivity index (χ0v) is 14.3. The van der Waals surface area contributed by atoms with Crippen molar-refractivity contribution in [3.63, 3.8) is 0 Å². The molecule has 1 unspecified atom stereocenters. The number of hydrogen-bond acceptors (Lipinski definition) is 1. The molecule has 0 aliphatic heterocycles. The molecule has 1 N–H and O–H groups in total. The van der Waals surface area contributed by atoms with Crippen LogP contribution in [0.5, 0.6) is 0 Å². The number of carbonyl (C=O) groups is 1. The Morgan fingerprint density at radius 3 is 2.72 bits per heavy atom. The van der Waals surface area contributed by atoms with E-state index in [0.29, 0.717) is 10.6 Å². The highest BCUT2D eigenvalue weighted by atomic mass is 79.9. The minimum absolute atomic E-state index is 0.133. The third kappa shape index (κ3) is 3.97. The molecule has 0 radical (unpaired) electrons. The maximum atomic E-state index is 12.2. The lowest BCUT2D eigenvalue weighted by Crippen LogP contribution is -2.45. The van der Waals surface area contributed by atoms with Gasteiger partial charge in [-0.25, -0.2) is 0 Å². The lowest BCUT2D eigenvalue weighted by molar-refractivity contribution is 0.0902. The van der Waals surface area contributed by atoms with E-state index in [4.69, 9.17) is 11.6 Å². The zero-order chi connectivity index (χ0) is 13.8. The molecular weight excluding hydrogens is 381 g/mol. The number of alkyl halides is 1. The van der Waals surface area contributed by atoms with E-state index < -0.39 is 0 Å². The van der Waals surface area contributed by atoms with Crippen LogP contribution >= 0.6 is 43.5 Å². The van der Waals surface area contributed by atoms with Crippen molar-refractivity contribution >= 4 is 49.4 Å². The van der Waals surface area contributed by atoms with Crippen LogP contribution in [0.2, 0.25) is 5.02 Å². The Kier molecular flexibility index (Phi) is 6.15. The normalized spacial score (nSPS) is 14.1. The van der Waals surface area contributed by atoms with Gasteiger partial charge in [0.2, 0.25) is 0 Å². The molecule has 1 aromatic carbocycles. The Morgan fingerprint density at radius 1 is 1.50 bits per heavy atom. The monoisotopic (exact) mass is 395 g/mol. The number of carbonyl (C=O) groups excluding carboxylic acids is 1. The second-order valence-electron chi connectivity index (χ2n) is 4.41. The molecule has 0 bridgehead atoms. The van der Waals surface area contributed by atoms with Crippen LogP contribution in [-0.4, -0.2) is 16.8 Å². The van der Waals surface area contributed by atoms with Crippen LogP contribution < -0.4 is 5.32 Å². The van der Waals surface area contributed by atoms with Crippen molar-refractivity contribution in [1.82, 2.24) is 5.32 Å². The van der Waals surface area contributed by atoms with Gasteiger partial charge in [-0.15, -0.1) is 0 Å². The third-order valence-electron chi connectivity index (χ3n) is 3.04. The molecular formula is C13H16Br2ClNO. The molecule has 1 atom stereocenters. The highest BCUT2D eigenvalue weighted by molar-refractivity contribution is 9.10. The summed E-state index contributed by atoms with van der Waals surface area (Å²) in [6.45, 7) is 4.10. The van der Waals surface area contributed by atoms with Gasteiger partial charge in [-0.3, -0.25) is 4.79 Å². The fourth-order valence-electron chi connectivity index (χ4n) is 1.56. The summed E-state index contributed by atoms with van der Waals surface area (Å²) < 4.78 is 0.732. The number of hydrogen-bond donors (Lipinski definition) is 1. The van der Waals surface area contributed by atoms with E-state index >= 15 is 0 Å². The lowest BCUT2D eigenvalue weighted by atomic mass is 9.95. The zero-order valence-electron chi connectivity index (χ0n) is 10.4. The van der Waals surface area contributed by atoms with Crippen LogP contribution in [0.15, 0.2) is 22.7 Å². The molecule has 0 heterocycles. The summed E-state index contributed by atoms with van der Waals surface area (Å²) in [4.78, 5) is 12.2. The number of nitrogens with one attached hydrogen (secondary N) is 1. The number of rotatable bonds is 5. The molecule has 0 aliphatic rings. The molecule has 100 valence electrons. The van der Waals surface area contributed by atoms with E-state index in [9.17, 15) is 4.79 Å². The molecule has 1 amide bonds. The summed E-state index contributed by atoms with van der Waals surface area (Å²) in [6.07, 6.45) is 1.75. The van der Waals surface area contributed by atoms with E-state index in [-0.39, 0.29) is 11.4 Å². The van der Waals surface area contributed by atoms with Gasteiger partial charge in [-0.1, -0.05) is 40.5 Å². The van der Waals surface area contributed by atoms with Gasteiger partial charge in [-0.2, -0.15) is 0 Å². The minimum Gasteiger partial charge on any atom is -0.347 e. The molecule has 0 fully saturated rings. The smallest absolute Gasteiger partial charge is 0.253 e. The second-order valence-corrected chi connectivity index (χ2v) is 6.43. The van der Waals surface area contributed by atoms with E-state index in [1.165, 1.54) is 0 Å². The minimum atomic E-state index is -0.216. The first-order chi connectivity index (χ1) is 8.43. The lowest BCUT2D eigenvalue weighted by Gasteiger charge is -2.29. The molecule has 1 rings (SSSR count). The van der Waals surface area contributed by atoms with Crippen molar-refractivity contribution < 1.29 is 4.79 Å². The molecule has 0 spiro atoms. The predicted molar refractivity (Wildman–Crippen MR) is 83.7 cm³/mol. The summed E-state index contributed by atoms with van der Waals surface area (Å²) in [5, 5.41) is 4.36. The molecule has 0 saturated carbocycles. The first-order valence-electron chi connectivity index (χ1n) is 5.76. The quantitative estimate of drug-likeness (QED) is 0.712. The van der Waals surface area contributed by atoms with Crippen molar-refractivity contribution in [2.24, 2.45) is 0 Å². The largest absolute Gasteiger partial charge is 0.347 e. The summed E-state index contributed by atoms with van der Waals surface area (Å²) in [7, 11) is 0. The highest BCUT2D eigenvalue weighted by Crippen LogP contribution is 2.27. The highest BCUT2D eigenvalue weighted by Gasteiger charge is 2.25. The maximum absolute atomic E-state index is 12.2. The van der Waals surface area contributed by atoms with Crippen molar-refractivity contribution in [2.75, 3.05) is 5.33 Å². The molecule has 0 saturated heterocycles. The number of amides is 1. The van der Waals surface area contributed by atoms with Crippen molar-refractivity contribution in [1.29, 1.82) is 0 Å². The Hall–Kier alpha value is -0.0600. The topological polar surface area (TPSA) is 29.1 Å². The first kappa shape index (κ1) is 16.0. The van der Waals surface area contributed by atoms with Crippen molar-refractivity contribution in [3.05, 3.63) is 33.3 Å². The molecule has 5 heteroatoms. The van der Waals surface area contributed by atoms with Crippen molar-refractivity contribution in [2.45, 2.75) is 32.2 Å². The van der Waals surface area contributed by atoms with E-state index in [0.717, 1.165) is 22.6 Å². The van der Waals surface area contributed by atoms with Crippen LogP contribution in [-0.2, 0) is 0 Å². The average Bonchev–Trinajstić information content (AvgIpc) is 2.32. The SMILES string of the molecule is CCC(C)(CCBr)NC(=O)c1cccc(Br)c1Cl. The summed E-state index contributed by atoms with van der Waals surface area (Å²) in [5.41, 5.74) is 0.284. The number of halogens is 3. The van der Waals surface area contributed by atoms with Crippen LogP contribution in [0.1, 0.15) is 37.0 Å². The Labute approximate surface area is 130 Å². The van der Waals surface area contributed by atoms with Crippen molar-refractivity contribution in [3.8, 4) is 0 Å². The fraction of sp³-hybridized carbons (Fsp3) is 0.462. The fourth-order valence-corrected chi connectivity index (χ4v) is 3.01. The van der Waals surface area contributed by atoms with Crippen LogP contribution in [0.3, 0.4) is 0 Å². The standard InChI is InChI=1S/C13H16Br2ClNO/c1-3-13(2,7-8-14)17-12(18)9-5-4-6-10(15)11(9)16/h4-6H,3,7-8H2,1-2H3,(H,17,18). The summed E-state index contributed by atoms with van der Waals surface area (Å²) in [6, 6.07) is 5.35. The van der Waals surface area contributed by atoms with Gasteiger partial charge in [0, 0.05) is 15.3 Å². The second kappa shape index (κ2) is 6.92. The molecule has 0 aromatic heterocycles. The van der Waals surface area contributed by atoms with Gasteiger partial charge in [0.05, 0.1) is 10.6 Å². The van der Waals surface area contributed by atoms with E-state index in [2.05, 4.69) is 44.1 Å². The predicted octanol–water partition coefficient (Wildman–Crippen LogP) is 4.79. The number of benzene rings is 1. The van der Waals surface area contributed by atoms with Crippen LogP contribution in [0.25, 0.3) is 0 Å². The first-order valence-corrected chi connectivity index (χ1v) is 8.05. The van der Waals surface area contributed by atoms with Crippen LogP contribution in [0.4, 0.5) is 0 Å². The van der Waals surface area contributed by atoms with Gasteiger partial charge in [0.25, 0.3) is 5.91 Å². The maximum Gasteiger partial charge on any atom is 0.253 e. The summed E-state index contributed by atoms with van der Waals surface area (Å²) >= 11 is 12.9. The van der Waals surface area contributed by atoms with E-state index in [1.807, 2.05) is 13.0 Å². The Morgan fingerprint density at radius 2 is 2.17 bits per heavy atom. The van der Waals surface area contributed by atoms with Gasteiger partial charge in [0.1, 0.15) is 0 Å². The Balaban J connectivity index is 2.91. The van der Waals surface area contributed by atoms with Crippen LogP contribution in [0, 0.1) is 0 Å². The van der Waals surface area contributed by atoms with Gasteiger partial charge in [0.15, 0.2) is 0 Å². The molecule has 2 nitrogen and oxygen atoms in total. The molecule has 1 aromatic rings. The average molecular weight is 398 g/mol. The summed E-state index contributed by atoms with van der Waals surface area (Å²) in [5.74, 6) is -0.133. The molecule has 0 aliphatic carbocycles. The molecule has 18 heavy (non-hydrogen) atoms. The van der Waals surface area contributed by atoms with Gasteiger partial charge < -0.3 is 5.32 Å². The Bertz CT molecular complexity index is 439. The van der Waals surface area contributed by atoms with Gasteiger partial charge in [-0.05, 0) is 47.8 Å². The third-order valence-corrected chi connectivity index (χ3v) is 4.73.